The number of benzene rings is 4. The first-order valence-electron chi connectivity index (χ1n) is 30.9. The predicted octanol–water partition coefficient (Wildman–Crippen LogP) is 2.09. The largest absolute Gasteiger partial charge is 0.506 e. The molecule has 494 valence electrons. The van der Waals surface area contributed by atoms with Crippen LogP contribution in [0.2, 0.25) is 0 Å². The normalized spacial score (nSPS) is 22.3. The average Bonchev–Trinajstić information content (AvgIpc) is 1.19. The van der Waals surface area contributed by atoms with E-state index < -0.39 is 70.4 Å². The topological polar surface area (TPSA) is 334 Å². The second kappa shape index (κ2) is 33.3. The lowest BCUT2D eigenvalue weighted by atomic mass is 9.70. The van der Waals surface area contributed by atoms with E-state index in [1.807, 2.05) is 14.7 Å². The Morgan fingerprint density at radius 3 is 1.15 bits per heavy atom. The first-order chi connectivity index (χ1) is 43.4. The van der Waals surface area contributed by atoms with E-state index in [0.29, 0.717) is 49.0 Å². The smallest absolute Gasteiger partial charge is 0.255 e. The molecule has 0 radical (unpaired) electrons. The molecular weight excluding hydrogens is 1190 g/mol. The van der Waals surface area contributed by atoms with Gasteiger partial charge in [0.2, 0.25) is 0 Å². The highest BCUT2D eigenvalue weighted by molar-refractivity contribution is 7.80. The van der Waals surface area contributed by atoms with Crippen molar-refractivity contribution in [2.24, 2.45) is 10.8 Å². The van der Waals surface area contributed by atoms with Gasteiger partial charge in [0, 0.05) is 143 Å². The van der Waals surface area contributed by atoms with Crippen molar-refractivity contribution in [3.63, 3.8) is 0 Å². The van der Waals surface area contributed by atoms with Gasteiger partial charge in [0.25, 0.3) is 41.4 Å². The van der Waals surface area contributed by atoms with Crippen LogP contribution in [-0.2, 0) is 0 Å². The number of aliphatic hydroxyl groups excluding tert-OH is 1. The van der Waals surface area contributed by atoms with Crippen molar-refractivity contribution < 1.29 is 58.5 Å². The zero-order valence-electron chi connectivity index (χ0n) is 52.6. The van der Waals surface area contributed by atoms with Crippen LogP contribution in [0.3, 0.4) is 0 Å². The number of halogens is 1. The molecular formula is C64H89FN14O11S. The van der Waals surface area contributed by atoms with Crippen LogP contribution in [-0.4, -0.2) is 223 Å². The summed E-state index contributed by atoms with van der Waals surface area (Å²) in [6.45, 7) is 13.8. The second-order valence-electron chi connectivity index (χ2n) is 24.8. The molecule has 25 nitrogen and oxygen atoms in total. The third-order valence-electron chi connectivity index (χ3n) is 16.8. The highest BCUT2D eigenvalue weighted by atomic mass is 32.1. The minimum Gasteiger partial charge on any atom is -0.506 e. The van der Waals surface area contributed by atoms with Crippen molar-refractivity contribution in [3.8, 4) is 17.2 Å². The molecule has 4 aromatic rings. The molecule has 0 aliphatic carbocycles. The molecule has 4 unspecified atom stereocenters. The van der Waals surface area contributed by atoms with Gasteiger partial charge >= 0.3 is 0 Å². The molecule has 7 amide bonds. The standard InChI is InChI=1S/C64H89FN14O11S/c1-41-43-10-6-11-44(41)61(90)74-42(38-64(4,5)40-63(2,3)18-19-73-62(91)75-65)39-79-33-26-72-60(89)50-17-9-16-49(53(50)82)57(86)67-21-28-76(27-20-66-54(43)83)34-35-77-29-22-68-55(84)45-12-7-14-47(51(45)80)58(87)70-24-31-78(36-37-79)32-25-71-59(88)48-15-8-13-46(52(48)81)56(85)69-23-30-77/h6-17,42,61,74,80-82,90H,18-40H2,1-5H3,(H,66,83)(H,67,86)(H,68,84)(H,69,85)(H,70,87)(H,71,88)(H,72,89)(H2,73,75,91). The number of aliphatic hydroxyl groups is 1. The van der Waals surface area contributed by atoms with Crippen LogP contribution in [0.4, 0.5) is 4.48 Å². The first kappa shape index (κ1) is 70.4. The van der Waals surface area contributed by atoms with Gasteiger partial charge in [-0.25, -0.2) is 0 Å². The monoisotopic (exact) mass is 1280 g/mol. The number of rotatable bonds is 7. The van der Waals surface area contributed by atoms with Crippen molar-refractivity contribution in [2.45, 2.75) is 66.2 Å². The van der Waals surface area contributed by atoms with E-state index in [1.165, 1.54) is 60.1 Å². The van der Waals surface area contributed by atoms with Crippen LogP contribution in [0.5, 0.6) is 17.2 Å². The number of hydrogen-bond donors (Lipinski definition) is 14. The second-order valence-corrected chi connectivity index (χ2v) is 25.2. The fraction of sp³-hybridized carbons (Fsp3) is 0.500. The van der Waals surface area contributed by atoms with E-state index in [4.69, 9.17) is 12.2 Å². The van der Waals surface area contributed by atoms with Crippen LogP contribution in [0.1, 0.15) is 137 Å². The van der Waals surface area contributed by atoms with Gasteiger partial charge in [-0.2, -0.15) is 5.54 Å². The number of amides is 7. The van der Waals surface area contributed by atoms with Crippen molar-refractivity contribution in [1.82, 2.24) is 73.0 Å². The Labute approximate surface area is 535 Å². The number of carbonyl (C=O) groups excluding carboxylic acids is 7. The van der Waals surface area contributed by atoms with Crippen LogP contribution < -0.4 is 53.4 Å². The third kappa shape index (κ3) is 20.5. The number of phenols is 3. The molecule has 0 spiro atoms. The van der Waals surface area contributed by atoms with Crippen molar-refractivity contribution in [1.29, 1.82) is 0 Å². The van der Waals surface area contributed by atoms with E-state index >= 15 is 0 Å². The number of hydrogen-bond acceptors (Lipinski definition) is 17. The Balaban J connectivity index is 1.34. The lowest BCUT2D eigenvalue weighted by Crippen LogP contribution is -2.49. The van der Waals surface area contributed by atoms with Gasteiger partial charge in [-0.05, 0) is 103 Å². The summed E-state index contributed by atoms with van der Waals surface area (Å²) in [5.41, 5.74) is 1.28. The zero-order valence-corrected chi connectivity index (χ0v) is 53.4. The molecule has 8 rings (SSSR count). The van der Waals surface area contributed by atoms with Gasteiger partial charge < -0.3 is 63.0 Å². The Hall–Kier alpha value is -8.05. The minimum absolute atomic E-state index is 0.0207. The maximum Gasteiger partial charge on any atom is 0.255 e. The SMILES string of the molecule is Cc1c2cccc1C(O)NC(CC(C)(C)CC(C)(C)CCNC(=S)NF)CN1CCNC(=O)c3cccc(c3O)C(=O)NCCN(CCNC2=O)CCN2CCNC(=O)c3cccc(c3O)C(=O)NCCN(CCNC(=O)c3cccc(c3O)C(=O)NCC2)CC1. The number of para-hydroxylation sites is 3. The Morgan fingerprint density at radius 1 is 0.495 bits per heavy atom. The Morgan fingerprint density at radius 2 is 0.802 bits per heavy atom. The quantitative estimate of drug-likeness (QED) is 0.0931. The Kier molecular flexibility index (Phi) is 25.8. The van der Waals surface area contributed by atoms with Crippen molar-refractivity contribution >= 4 is 58.7 Å². The molecule has 12 bridgehead atoms. The van der Waals surface area contributed by atoms with E-state index in [2.05, 4.69) is 80.4 Å². The highest BCUT2D eigenvalue weighted by Gasteiger charge is 2.34. The number of nitrogens with zero attached hydrogens (tertiary/aromatic N) is 4. The van der Waals surface area contributed by atoms with E-state index in [1.54, 1.807) is 25.1 Å². The molecule has 0 saturated heterocycles. The van der Waals surface area contributed by atoms with Crippen LogP contribution in [0, 0.1) is 17.8 Å². The summed E-state index contributed by atoms with van der Waals surface area (Å²) in [7, 11) is 0. The number of thiocarbonyl (C=S) groups is 1. The maximum atomic E-state index is 14.3. The lowest BCUT2D eigenvalue weighted by molar-refractivity contribution is 0.0792. The first-order valence-corrected chi connectivity index (χ1v) is 31.4. The van der Waals surface area contributed by atoms with E-state index in [0.717, 1.165) is 0 Å². The molecule has 4 aliphatic heterocycles. The zero-order chi connectivity index (χ0) is 65.8. The predicted molar refractivity (Wildman–Crippen MR) is 346 cm³/mol. The van der Waals surface area contributed by atoms with Gasteiger partial charge in [0.05, 0.1) is 33.4 Å². The van der Waals surface area contributed by atoms with Crippen LogP contribution in [0.15, 0.2) is 72.8 Å². The fourth-order valence-corrected chi connectivity index (χ4v) is 12.3. The maximum absolute atomic E-state index is 14.3. The van der Waals surface area contributed by atoms with Crippen molar-refractivity contribution in [3.05, 3.63) is 123 Å². The fourth-order valence-electron chi connectivity index (χ4n) is 12.2. The number of aromatic hydroxyl groups is 3. The minimum atomic E-state index is -1.29. The summed E-state index contributed by atoms with van der Waals surface area (Å²) in [6.07, 6.45) is 0.479. The summed E-state index contributed by atoms with van der Waals surface area (Å²) in [4.78, 5) is 106. The molecule has 27 heteroatoms. The van der Waals surface area contributed by atoms with E-state index in [-0.39, 0.29) is 168 Å². The summed E-state index contributed by atoms with van der Waals surface area (Å²) < 4.78 is 13.1. The molecule has 4 aliphatic rings. The van der Waals surface area contributed by atoms with E-state index in [9.17, 15) is 58.5 Å². The van der Waals surface area contributed by atoms with Gasteiger partial charge in [-0.15, -0.1) is 4.48 Å². The molecule has 0 saturated carbocycles. The summed E-state index contributed by atoms with van der Waals surface area (Å²) >= 11 is 5.00. The summed E-state index contributed by atoms with van der Waals surface area (Å²) in [6, 6.07) is 17.6. The van der Waals surface area contributed by atoms with Crippen LogP contribution >= 0.6 is 12.2 Å². The van der Waals surface area contributed by atoms with Gasteiger partial charge in [-0.1, -0.05) is 58.0 Å². The summed E-state index contributed by atoms with van der Waals surface area (Å²) in [5.74, 6) is -5.81. The van der Waals surface area contributed by atoms with Gasteiger partial charge in [-0.3, -0.25) is 58.5 Å². The Bertz CT molecular complexity index is 3160. The number of phenolic OH excluding ortho intramolecular Hbond substituents is 3. The molecule has 91 heavy (non-hydrogen) atoms. The number of fused-ring (bicyclic) bond motifs is 16. The van der Waals surface area contributed by atoms with Gasteiger partial charge in [0.15, 0.2) is 5.11 Å². The molecule has 0 aromatic heterocycles. The van der Waals surface area contributed by atoms with Gasteiger partial charge in [0.1, 0.15) is 23.5 Å². The number of carbonyl (C=O) groups is 7. The molecule has 4 atom stereocenters. The molecule has 0 fully saturated rings. The van der Waals surface area contributed by atoms with Crippen LogP contribution in [0.25, 0.3) is 0 Å². The molecule has 14 N–H and O–H groups in total. The third-order valence-corrected chi connectivity index (χ3v) is 17.0. The average molecular weight is 1280 g/mol. The molecule has 4 heterocycles. The highest BCUT2D eigenvalue weighted by Crippen LogP contribution is 2.40. The molecule has 4 aromatic carbocycles. The lowest BCUT2D eigenvalue weighted by Gasteiger charge is -2.40. The number of nitrogens with one attached hydrogen (secondary N) is 10. The summed E-state index contributed by atoms with van der Waals surface area (Å²) in [5, 5.41) is 73.5. The van der Waals surface area contributed by atoms with Crippen molar-refractivity contribution in [2.75, 3.05) is 131 Å².